The molecule has 1 heteroatoms. The lowest BCUT2D eigenvalue weighted by atomic mass is 9.84. The van der Waals surface area contributed by atoms with E-state index in [2.05, 4.69) is 48.5 Å². The zero-order valence-electron chi connectivity index (χ0n) is 12.5. The van der Waals surface area contributed by atoms with Crippen LogP contribution >= 0.6 is 0 Å². The monoisotopic (exact) mass is 276 g/mol. The third-order valence-corrected chi connectivity index (χ3v) is 5.04. The molecule has 2 unspecified atom stereocenters. The van der Waals surface area contributed by atoms with Crippen molar-refractivity contribution < 1.29 is 0 Å². The lowest BCUT2D eigenvalue weighted by Crippen LogP contribution is -2.26. The van der Waals surface area contributed by atoms with Gasteiger partial charge < -0.3 is 0 Å². The molecule has 0 fully saturated rings. The summed E-state index contributed by atoms with van der Waals surface area (Å²) in [6.45, 7) is 0. The Kier molecular flexibility index (Phi) is 3.52. The van der Waals surface area contributed by atoms with Gasteiger partial charge in [-0.15, -0.1) is 0 Å². The largest absolute Gasteiger partial charge is 0.226 e. The predicted octanol–water partition coefficient (Wildman–Crippen LogP) is 4.75. The Bertz CT molecular complexity index is 576. The maximum absolute atomic E-state index is 5.28. The van der Waals surface area contributed by atoms with Crippen LogP contribution in [-0.4, -0.2) is 0 Å². The van der Waals surface area contributed by atoms with Gasteiger partial charge in [0.2, 0.25) is 0 Å². The van der Waals surface area contributed by atoms with Gasteiger partial charge in [0.25, 0.3) is 0 Å². The second kappa shape index (κ2) is 5.65. The molecular formula is C20H22N. The van der Waals surface area contributed by atoms with Gasteiger partial charge in [0.15, 0.2) is 0 Å². The van der Waals surface area contributed by atoms with E-state index in [1.807, 2.05) is 0 Å². The first-order valence-corrected chi connectivity index (χ1v) is 8.27. The third-order valence-electron chi connectivity index (χ3n) is 5.04. The Morgan fingerprint density at radius 1 is 0.667 bits per heavy atom. The highest BCUT2D eigenvalue weighted by atomic mass is 15.0. The summed E-state index contributed by atoms with van der Waals surface area (Å²) in [6, 6.07) is 18.6. The van der Waals surface area contributed by atoms with Crippen molar-refractivity contribution in [2.24, 2.45) is 0 Å². The van der Waals surface area contributed by atoms with Crippen LogP contribution in [-0.2, 0) is 12.8 Å². The van der Waals surface area contributed by atoms with E-state index in [1.54, 1.807) is 0 Å². The summed E-state index contributed by atoms with van der Waals surface area (Å²) in [5, 5.41) is 5.28. The fourth-order valence-corrected chi connectivity index (χ4v) is 3.98. The van der Waals surface area contributed by atoms with Gasteiger partial charge in [-0.1, -0.05) is 48.5 Å². The van der Waals surface area contributed by atoms with E-state index < -0.39 is 0 Å². The number of fused-ring (bicyclic) bond motifs is 2. The Hall–Kier alpha value is -1.60. The van der Waals surface area contributed by atoms with Gasteiger partial charge in [-0.05, 0) is 60.8 Å². The maximum Gasteiger partial charge on any atom is 0.0505 e. The van der Waals surface area contributed by atoms with Gasteiger partial charge in [0, 0.05) is 0 Å². The molecule has 0 N–H and O–H groups in total. The number of rotatable bonds is 2. The summed E-state index contributed by atoms with van der Waals surface area (Å²) < 4.78 is 0. The molecule has 0 saturated carbocycles. The molecule has 2 aliphatic carbocycles. The van der Waals surface area contributed by atoms with Crippen molar-refractivity contribution in [3.8, 4) is 0 Å². The van der Waals surface area contributed by atoms with Gasteiger partial charge >= 0.3 is 0 Å². The lowest BCUT2D eigenvalue weighted by molar-refractivity contribution is 0.360. The van der Waals surface area contributed by atoms with E-state index in [4.69, 9.17) is 5.32 Å². The Labute approximate surface area is 127 Å². The molecule has 21 heavy (non-hydrogen) atoms. The molecule has 0 bridgehead atoms. The molecular weight excluding hydrogens is 254 g/mol. The van der Waals surface area contributed by atoms with Crippen LogP contribution in [0.3, 0.4) is 0 Å². The highest BCUT2D eigenvalue weighted by Crippen LogP contribution is 2.37. The van der Waals surface area contributed by atoms with Crippen molar-refractivity contribution in [3.63, 3.8) is 0 Å². The summed E-state index contributed by atoms with van der Waals surface area (Å²) in [7, 11) is 0. The second-order valence-corrected chi connectivity index (χ2v) is 6.36. The van der Waals surface area contributed by atoms with Gasteiger partial charge in [0.1, 0.15) is 0 Å². The summed E-state index contributed by atoms with van der Waals surface area (Å²) in [6.07, 6.45) is 7.44. The molecule has 2 aliphatic rings. The van der Waals surface area contributed by atoms with Crippen LogP contribution in [0.5, 0.6) is 0 Å². The molecule has 1 radical (unpaired) electrons. The minimum Gasteiger partial charge on any atom is -0.226 e. The Morgan fingerprint density at radius 2 is 1.14 bits per heavy atom. The summed E-state index contributed by atoms with van der Waals surface area (Å²) >= 11 is 0. The Balaban J connectivity index is 1.61. The van der Waals surface area contributed by atoms with E-state index in [0.29, 0.717) is 12.1 Å². The number of hydrogen-bond donors (Lipinski definition) is 0. The fraction of sp³-hybridized carbons (Fsp3) is 0.400. The van der Waals surface area contributed by atoms with Crippen molar-refractivity contribution in [1.29, 1.82) is 0 Å². The molecule has 0 amide bonds. The number of aryl methyl sites for hydroxylation is 2. The van der Waals surface area contributed by atoms with E-state index in [0.717, 1.165) is 0 Å². The smallest absolute Gasteiger partial charge is 0.0505 e. The van der Waals surface area contributed by atoms with Crippen molar-refractivity contribution in [2.75, 3.05) is 0 Å². The number of benzene rings is 2. The van der Waals surface area contributed by atoms with Gasteiger partial charge in [-0.25, -0.2) is 5.32 Å². The lowest BCUT2D eigenvalue weighted by Gasteiger charge is -2.32. The van der Waals surface area contributed by atoms with E-state index in [9.17, 15) is 0 Å². The van der Waals surface area contributed by atoms with E-state index in [-0.39, 0.29) is 0 Å². The molecule has 0 aliphatic heterocycles. The SMILES string of the molecule is c1ccc2c(c1)CCCC2[N]C1CCCc2ccccc21. The summed E-state index contributed by atoms with van der Waals surface area (Å²) in [5.41, 5.74) is 5.99. The average Bonchev–Trinajstić information content (AvgIpc) is 2.56. The topological polar surface area (TPSA) is 14.1 Å². The molecule has 0 saturated heterocycles. The van der Waals surface area contributed by atoms with Crippen molar-refractivity contribution in [2.45, 2.75) is 50.6 Å². The zero-order chi connectivity index (χ0) is 14.1. The molecule has 2 aromatic carbocycles. The molecule has 0 heterocycles. The molecule has 4 rings (SSSR count). The Morgan fingerprint density at radius 3 is 1.67 bits per heavy atom. The molecule has 2 atom stereocenters. The van der Waals surface area contributed by atoms with Crippen molar-refractivity contribution >= 4 is 0 Å². The van der Waals surface area contributed by atoms with E-state index >= 15 is 0 Å². The molecule has 0 spiro atoms. The van der Waals surface area contributed by atoms with Crippen molar-refractivity contribution in [1.82, 2.24) is 5.32 Å². The normalized spacial score (nSPS) is 24.2. The van der Waals surface area contributed by atoms with Crippen LogP contribution in [0.1, 0.15) is 60.0 Å². The molecule has 1 nitrogen and oxygen atoms in total. The minimum atomic E-state index is 0.408. The first-order chi connectivity index (χ1) is 10.4. The van der Waals surface area contributed by atoms with Gasteiger partial charge in [-0.2, -0.15) is 0 Å². The average molecular weight is 276 g/mol. The minimum absolute atomic E-state index is 0.408. The quantitative estimate of drug-likeness (QED) is 0.752. The molecule has 107 valence electrons. The number of hydrogen-bond acceptors (Lipinski definition) is 0. The second-order valence-electron chi connectivity index (χ2n) is 6.36. The van der Waals surface area contributed by atoms with Crippen LogP contribution in [0, 0.1) is 0 Å². The standard InChI is InChI=1S/C20H22N/c1-3-11-17-15(7-1)9-5-13-19(17)21-20-14-6-10-16-8-2-4-12-18(16)20/h1-4,7-8,11-12,19-20H,5-6,9-10,13-14H2. The first-order valence-electron chi connectivity index (χ1n) is 8.27. The van der Waals surface area contributed by atoms with Gasteiger partial charge in [-0.3, -0.25) is 0 Å². The van der Waals surface area contributed by atoms with Crippen LogP contribution in [0.25, 0.3) is 0 Å². The fourth-order valence-electron chi connectivity index (χ4n) is 3.98. The van der Waals surface area contributed by atoms with Crippen LogP contribution in [0.15, 0.2) is 48.5 Å². The highest BCUT2D eigenvalue weighted by molar-refractivity contribution is 5.35. The number of nitrogens with zero attached hydrogens (tertiary/aromatic N) is 1. The maximum atomic E-state index is 5.28. The molecule has 0 aromatic heterocycles. The first kappa shape index (κ1) is 13.1. The highest BCUT2D eigenvalue weighted by Gasteiger charge is 2.27. The van der Waals surface area contributed by atoms with Crippen LogP contribution < -0.4 is 5.32 Å². The van der Waals surface area contributed by atoms with Crippen LogP contribution in [0.2, 0.25) is 0 Å². The van der Waals surface area contributed by atoms with E-state index in [1.165, 1.54) is 60.8 Å². The third kappa shape index (κ3) is 2.51. The van der Waals surface area contributed by atoms with Gasteiger partial charge in [0.05, 0.1) is 12.1 Å². The summed E-state index contributed by atoms with van der Waals surface area (Å²) in [5.74, 6) is 0. The molecule has 2 aromatic rings. The zero-order valence-corrected chi connectivity index (χ0v) is 12.5. The van der Waals surface area contributed by atoms with Crippen LogP contribution in [0.4, 0.5) is 0 Å². The predicted molar refractivity (Wildman–Crippen MR) is 86.4 cm³/mol. The summed E-state index contributed by atoms with van der Waals surface area (Å²) in [4.78, 5) is 0. The van der Waals surface area contributed by atoms with Crippen molar-refractivity contribution in [3.05, 3.63) is 70.8 Å².